The Morgan fingerprint density at radius 2 is 1.09 bits per heavy atom. The fourth-order valence-electron chi connectivity index (χ4n) is 16.5. The number of aliphatic hydroxyl groups excluding tert-OH is 1. The fourth-order valence-corrected chi connectivity index (χ4v) is 16.5. The van der Waals surface area contributed by atoms with Crippen LogP contribution in [0.4, 0.5) is 43.9 Å². The Morgan fingerprint density at radius 3 is 1.54 bits per heavy atom. The van der Waals surface area contributed by atoms with Crippen LogP contribution in [0.3, 0.4) is 0 Å². The lowest BCUT2D eigenvalue weighted by atomic mass is 9.58. The van der Waals surface area contributed by atoms with E-state index in [9.17, 15) is 55.2 Å². The number of rotatable bonds is 1. The Kier molecular flexibility index (Phi) is 7.92. The predicted molar refractivity (Wildman–Crippen MR) is 172 cm³/mol. The molecule has 0 radical (unpaired) electrons. The number of hydrogen-bond donors (Lipinski definition) is 3. The van der Waals surface area contributed by atoms with Gasteiger partial charge in [-0.1, -0.05) is 27.7 Å². The van der Waals surface area contributed by atoms with Gasteiger partial charge in [0.1, 0.15) is 11.2 Å². The van der Waals surface area contributed by atoms with Gasteiger partial charge in [-0.15, -0.1) is 0 Å². The highest BCUT2D eigenvalue weighted by molar-refractivity contribution is 5.67. The molecule has 10 aliphatic rings. The number of carbonyl (C=O) groups excluding carboxylic acids is 1. The molecule has 17 heteroatoms. The first-order chi connectivity index (χ1) is 25.5. The molecule has 10 rings (SSSR count). The van der Waals surface area contributed by atoms with Gasteiger partial charge in [-0.25, -0.2) is 0 Å². The Hall–Kier alpha value is -1.43. The second-order valence-electron chi connectivity index (χ2n) is 20.0. The van der Waals surface area contributed by atoms with Gasteiger partial charge in [0.2, 0.25) is 5.60 Å². The average molecular weight is 821 g/mol. The molecular weight excluding hydrogens is 770 g/mol. The van der Waals surface area contributed by atoms with E-state index >= 15 is 8.78 Å². The number of fused-ring (bicyclic) bond motifs is 20. The summed E-state index contributed by atoms with van der Waals surface area (Å²) in [5.41, 5.74) is -7.00. The molecule has 3 N–H and O–H groups in total. The molecule has 0 aromatic heterocycles. The maximum Gasteiger partial charge on any atom is 0.449 e. The van der Waals surface area contributed by atoms with Crippen molar-refractivity contribution < 1.29 is 78.2 Å². The fraction of sp³-hybridized carbons (Fsp3) is 0.974. The first-order valence-corrected chi connectivity index (χ1v) is 20.1. The van der Waals surface area contributed by atoms with Gasteiger partial charge in [-0.05, 0) is 140 Å². The molecule has 22 atom stereocenters. The van der Waals surface area contributed by atoms with E-state index < -0.39 is 76.5 Å². The lowest BCUT2D eigenvalue weighted by Gasteiger charge is -2.51. The third kappa shape index (κ3) is 4.15. The van der Waals surface area contributed by atoms with Gasteiger partial charge >= 0.3 is 41.7 Å². The Balaban J connectivity index is 0.000000148. The number of hydrogen-bond acceptors (Lipinski definition) is 7. The molecule has 2 heterocycles. The largest absolute Gasteiger partial charge is 0.450 e. The van der Waals surface area contributed by atoms with Gasteiger partial charge in [-0.3, -0.25) is 4.79 Å². The zero-order valence-corrected chi connectivity index (χ0v) is 31.8. The molecular formula is C39H50F10O7. The monoisotopic (exact) mass is 820 g/mol. The van der Waals surface area contributed by atoms with E-state index in [0.717, 1.165) is 26.7 Å². The standard InChI is InChI=1S/C21H27F5O4.C18H23F5O3/c1-8-9(2)13-6-12(8)15-11-5-14(16(13)15)18(7-11)17(4,29-10(3)27)19(22,23)20(28,30-18)21(24,25)26;1-6-7(2)10-4-9(6)12-8-3-11(13(10)12)15(5-8)14(24)16(19,20)17(25,26-15)18(21,22)23/h8-9,11-16,28H,5-7H2,1-4H3;6-14,24-25H,3-5H2,1-2H3. The molecule has 2 spiro atoms. The van der Waals surface area contributed by atoms with Gasteiger partial charge in [0.05, 0.1) is 0 Å². The summed E-state index contributed by atoms with van der Waals surface area (Å²) in [7, 11) is 0. The summed E-state index contributed by atoms with van der Waals surface area (Å²) >= 11 is 0. The maximum atomic E-state index is 15.4. The minimum atomic E-state index is -5.75. The summed E-state index contributed by atoms with van der Waals surface area (Å²) in [6.45, 7) is 10.3. The van der Waals surface area contributed by atoms with Gasteiger partial charge in [0.25, 0.3) is 0 Å². The van der Waals surface area contributed by atoms with Crippen molar-refractivity contribution in [1.82, 2.24) is 0 Å². The van der Waals surface area contributed by atoms with E-state index in [1.54, 1.807) is 0 Å². The van der Waals surface area contributed by atoms with Gasteiger partial charge in [0.15, 0.2) is 6.10 Å². The first kappa shape index (κ1) is 40.0. The minimum Gasteiger partial charge on any atom is -0.450 e. The molecule has 2 aliphatic heterocycles. The second kappa shape index (κ2) is 11.1. The summed E-state index contributed by atoms with van der Waals surface area (Å²) in [6.07, 6.45) is -11.3. The number of halogens is 10. The number of aliphatic hydroxyl groups is 3. The Labute approximate surface area is 317 Å². The van der Waals surface area contributed by atoms with E-state index in [1.807, 2.05) is 0 Å². The predicted octanol–water partition coefficient (Wildman–Crippen LogP) is 7.35. The molecule has 8 aliphatic carbocycles. The van der Waals surface area contributed by atoms with Crippen LogP contribution in [-0.2, 0) is 19.0 Å². The van der Waals surface area contributed by atoms with Gasteiger partial charge in [-0.2, -0.15) is 43.9 Å². The highest BCUT2D eigenvalue weighted by Gasteiger charge is 2.93. The molecule has 56 heavy (non-hydrogen) atoms. The van der Waals surface area contributed by atoms with E-state index in [0.29, 0.717) is 54.3 Å². The van der Waals surface area contributed by atoms with Gasteiger partial charge < -0.3 is 29.5 Å². The SMILES string of the molecule is CC(=O)OC1(C)C2(CC3CC2C2C4CC(C(C)C4C)C32)OC(O)(C(F)(F)F)C1(F)F.CC1C(C)C2CC1C1C3CC(C21)C1(C3)OC(O)(C(F)(F)F)C(F)(F)C1O. The first-order valence-electron chi connectivity index (χ1n) is 20.1. The average Bonchev–Trinajstić information content (AvgIpc) is 3.94. The van der Waals surface area contributed by atoms with Crippen molar-refractivity contribution in [2.75, 3.05) is 0 Å². The van der Waals surface area contributed by atoms with Crippen molar-refractivity contribution in [3.8, 4) is 0 Å². The van der Waals surface area contributed by atoms with Crippen LogP contribution in [0.2, 0.25) is 0 Å². The molecule has 8 saturated carbocycles. The maximum absolute atomic E-state index is 15.4. The van der Waals surface area contributed by atoms with Crippen LogP contribution in [0.5, 0.6) is 0 Å². The van der Waals surface area contributed by atoms with Crippen molar-refractivity contribution in [3.05, 3.63) is 0 Å². The highest BCUT2D eigenvalue weighted by atomic mass is 19.4. The third-order valence-electron chi connectivity index (χ3n) is 18.7. The number of alkyl halides is 10. The molecule has 7 nitrogen and oxygen atoms in total. The van der Waals surface area contributed by atoms with E-state index in [2.05, 4.69) is 27.7 Å². The molecule has 10 fully saturated rings. The summed E-state index contributed by atoms with van der Waals surface area (Å²) < 4.78 is 156. The summed E-state index contributed by atoms with van der Waals surface area (Å²) in [4.78, 5) is 11.8. The van der Waals surface area contributed by atoms with Crippen LogP contribution in [0.15, 0.2) is 0 Å². The summed E-state index contributed by atoms with van der Waals surface area (Å²) in [6, 6.07) is 0. The van der Waals surface area contributed by atoms with Crippen molar-refractivity contribution in [2.24, 2.45) is 94.7 Å². The van der Waals surface area contributed by atoms with E-state index in [1.165, 1.54) is 0 Å². The van der Waals surface area contributed by atoms with Crippen molar-refractivity contribution in [1.29, 1.82) is 0 Å². The molecule has 22 unspecified atom stereocenters. The lowest BCUT2D eigenvalue weighted by Crippen LogP contribution is -2.66. The molecule has 0 aromatic carbocycles. The second-order valence-corrected chi connectivity index (χ2v) is 20.0. The topological polar surface area (TPSA) is 105 Å². The minimum absolute atomic E-state index is 0.00554. The summed E-state index contributed by atoms with van der Waals surface area (Å²) in [5, 5.41) is 30.3. The molecule has 8 bridgehead atoms. The van der Waals surface area contributed by atoms with Crippen LogP contribution >= 0.6 is 0 Å². The smallest absolute Gasteiger partial charge is 0.449 e. The Bertz CT molecular complexity index is 1690. The van der Waals surface area contributed by atoms with Crippen LogP contribution < -0.4 is 0 Å². The number of carbonyl (C=O) groups is 1. The normalized spacial score (nSPS) is 60.0. The van der Waals surface area contributed by atoms with Crippen LogP contribution in [0.1, 0.15) is 80.1 Å². The van der Waals surface area contributed by atoms with Crippen LogP contribution in [0.25, 0.3) is 0 Å². The third-order valence-corrected chi connectivity index (χ3v) is 18.7. The lowest BCUT2D eigenvalue weighted by molar-refractivity contribution is -0.418. The van der Waals surface area contributed by atoms with Crippen molar-refractivity contribution in [3.63, 3.8) is 0 Å². The molecule has 318 valence electrons. The van der Waals surface area contributed by atoms with E-state index in [-0.39, 0.29) is 54.3 Å². The highest BCUT2D eigenvalue weighted by Crippen LogP contribution is 2.79. The number of esters is 1. The quantitative estimate of drug-likeness (QED) is 0.144. The summed E-state index contributed by atoms with van der Waals surface area (Å²) in [5.74, 6) is -17.7. The van der Waals surface area contributed by atoms with Crippen LogP contribution in [0, 0.1) is 94.7 Å². The Morgan fingerprint density at radius 1 is 0.661 bits per heavy atom. The number of ether oxygens (including phenoxy) is 3. The molecule has 0 amide bonds. The molecule has 2 saturated heterocycles. The zero-order valence-electron chi connectivity index (χ0n) is 31.8. The van der Waals surface area contributed by atoms with Crippen LogP contribution in [-0.4, -0.2) is 80.0 Å². The van der Waals surface area contributed by atoms with Gasteiger partial charge in [0, 0.05) is 6.92 Å². The van der Waals surface area contributed by atoms with Crippen molar-refractivity contribution in [2.45, 2.75) is 139 Å². The zero-order chi connectivity index (χ0) is 41.3. The van der Waals surface area contributed by atoms with Crippen molar-refractivity contribution >= 4 is 5.97 Å². The molecule has 0 aromatic rings. The van der Waals surface area contributed by atoms with E-state index in [4.69, 9.17) is 14.2 Å².